The SMILES string of the molecule is C=C(C)C(=O)[P+](=O)C(CC(OCCCCCCCC)(OCCCCCCCC)OCCCCCCCC)OCCCCCCCC. The second-order valence-corrected chi connectivity index (χ2v) is 14.9. The van der Waals surface area contributed by atoms with Crippen LogP contribution in [0.2, 0.25) is 0 Å². The Morgan fingerprint density at radius 1 is 0.543 bits per heavy atom. The van der Waals surface area contributed by atoms with E-state index in [1.54, 1.807) is 6.92 Å². The van der Waals surface area contributed by atoms with Crippen molar-refractivity contribution in [3.8, 4) is 0 Å². The summed E-state index contributed by atoms with van der Waals surface area (Å²) in [7, 11) is -2.38. The third-order valence-electron chi connectivity index (χ3n) is 8.52. The molecule has 0 heterocycles. The summed E-state index contributed by atoms with van der Waals surface area (Å²) in [5.41, 5.74) is -0.159. The molecule has 6 nitrogen and oxygen atoms in total. The smallest absolute Gasteiger partial charge is 0.334 e. The molecular weight excluding hydrogens is 595 g/mol. The van der Waals surface area contributed by atoms with Crippen LogP contribution >= 0.6 is 7.80 Å². The van der Waals surface area contributed by atoms with Gasteiger partial charge >= 0.3 is 13.3 Å². The van der Waals surface area contributed by atoms with Crippen molar-refractivity contribution < 1.29 is 28.3 Å². The molecule has 0 spiro atoms. The number of ether oxygens (including phenoxy) is 4. The maximum atomic E-state index is 13.6. The molecule has 7 heteroatoms. The van der Waals surface area contributed by atoms with Gasteiger partial charge in [-0.05, 0) is 32.6 Å². The second kappa shape index (κ2) is 32.9. The fourth-order valence-electron chi connectivity index (χ4n) is 5.48. The summed E-state index contributed by atoms with van der Waals surface area (Å²) >= 11 is 0. The molecule has 46 heavy (non-hydrogen) atoms. The van der Waals surface area contributed by atoms with Crippen molar-refractivity contribution in [2.75, 3.05) is 26.4 Å². The fourth-order valence-corrected chi connectivity index (χ4v) is 6.74. The summed E-state index contributed by atoms with van der Waals surface area (Å²) in [6.07, 6.45) is 27.6. The predicted molar refractivity (Wildman–Crippen MR) is 196 cm³/mol. The maximum Gasteiger partial charge on any atom is 0.451 e. The van der Waals surface area contributed by atoms with Gasteiger partial charge in [-0.2, -0.15) is 0 Å². The Kier molecular flexibility index (Phi) is 32.4. The van der Waals surface area contributed by atoms with Gasteiger partial charge in [0.15, 0.2) is 0 Å². The van der Waals surface area contributed by atoms with Crippen molar-refractivity contribution in [3.63, 3.8) is 0 Å². The zero-order valence-electron chi connectivity index (χ0n) is 31.2. The first kappa shape index (κ1) is 45.3. The molecule has 0 rings (SSSR count). The molecule has 0 radical (unpaired) electrons. The van der Waals surface area contributed by atoms with Crippen molar-refractivity contribution in [1.82, 2.24) is 0 Å². The molecule has 2 atom stereocenters. The topological polar surface area (TPSA) is 71.1 Å². The molecule has 0 saturated carbocycles. The summed E-state index contributed by atoms with van der Waals surface area (Å²) in [5.74, 6) is -2.24. The lowest BCUT2D eigenvalue weighted by Gasteiger charge is -2.34. The molecule has 0 aromatic heterocycles. The van der Waals surface area contributed by atoms with Crippen LogP contribution in [-0.2, 0) is 28.3 Å². The van der Waals surface area contributed by atoms with Crippen LogP contribution in [0, 0.1) is 0 Å². The summed E-state index contributed by atoms with van der Waals surface area (Å²) in [4.78, 5) is 12.9. The molecule has 0 bridgehead atoms. The molecule has 272 valence electrons. The van der Waals surface area contributed by atoms with E-state index < -0.39 is 25.1 Å². The predicted octanol–water partition coefficient (Wildman–Crippen LogP) is 12.8. The van der Waals surface area contributed by atoms with E-state index in [0.717, 1.165) is 57.8 Å². The maximum absolute atomic E-state index is 13.6. The highest BCUT2D eigenvalue weighted by Crippen LogP contribution is 2.40. The van der Waals surface area contributed by atoms with E-state index in [9.17, 15) is 9.36 Å². The van der Waals surface area contributed by atoms with E-state index in [1.807, 2.05) is 0 Å². The largest absolute Gasteiger partial charge is 0.451 e. The van der Waals surface area contributed by atoms with Gasteiger partial charge in [-0.1, -0.05) is 167 Å². The lowest BCUT2D eigenvalue weighted by Crippen LogP contribution is -2.43. The van der Waals surface area contributed by atoms with Gasteiger partial charge < -0.3 is 18.9 Å². The van der Waals surface area contributed by atoms with Gasteiger partial charge in [0.25, 0.3) is 11.8 Å². The van der Waals surface area contributed by atoms with Gasteiger partial charge in [0.05, 0.1) is 26.4 Å². The molecule has 0 aromatic carbocycles. The molecular formula is C39H76O6P+. The Morgan fingerprint density at radius 3 is 1.17 bits per heavy atom. The average molecular weight is 672 g/mol. The van der Waals surface area contributed by atoms with E-state index in [4.69, 9.17) is 18.9 Å². The van der Waals surface area contributed by atoms with E-state index in [0.29, 0.717) is 26.4 Å². The number of rotatable bonds is 37. The van der Waals surface area contributed by atoms with Gasteiger partial charge in [-0.3, -0.25) is 0 Å². The monoisotopic (exact) mass is 672 g/mol. The van der Waals surface area contributed by atoms with E-state index in [2.05, 4.69) is 34.3 Å². The zero-order valence-corrected chi connectivity index (χ0v) is 32.1. The molecule has 0 amide bonds. The normalized spacial score (nSPS) is 12.8. The fraction of sp³-hybridized carbons (Fsp3) is 0.923. The van der Waals surface area contributed by atoms with Crippen molar-refractivity contribution in [3.05, 3.63) is 12.2 Å². The highest BCUT2D eigenvalue weighted by atomic mass is 31.1. The van der Waals surface area contributed by atoms with Crippen LogP contribution in [0.3, 0.4) is 0 Å². The molecule has 0 aliphatic heterocycles. The number of carbonyl (C=O) groups is 1. The third-order valence-corrected chi connectivity index (χ3v) is 10.2. The minimum atomic E-state index is -2.38. The Labute approximate surface area is 286 Å². The first-order chi connectivity index (χ1) is 22.4. The summed E-state index contributed by atoms with van der Waals surface area (Å²) in [5, 5.41) is 0. The summed E-state index contributed by atoms with van der Waals surface area (Å²) in [6, 6.07) is 0. The van der Waals surface area contributed by atoms with Crippen LogP contribution in [-0.4, -0.2) is 43.8 Å². The Bertz CT molecular complexity index is 682. The minimum absolute atomic E-state index is 0.110. The third kappa shape index (κ3) is 25.4. The van der Waals surface area contributed by atoms with E-state index >= 15 is 0 Å². The highest BCUT2D eigenvalue weighted by molar-refractivity contribution is 7.65. The van der Waals surface area contributed by atoms with Crippen LogP contribution in [0.4, 0.5) is 0 Å². The Morgan fingerprint density at radius 2 is 0.848 bits per heavy atom. The summed E-state index contributed by atoms with van der Waals surface area (Å²) < 4.78 is 39.5. The summed E-state index contributed by atoms with van der Waals surface area (Å²) in [6.45, 7) is 16.2. The number of carbonyl (C=O) groups excluding carboxylic acids is 1. The quantitative estimate of drug-likeness (QED) is 0.0283. The molecule has 2 unspecified atom stereocenters. The highest BCUT2D eigenvalue weighted by Gasteiger charge is 2.48. The Balaban J connectivity index is 5.80. The van der Waals surface area contributed by atoms with E-state index in [-0.39, 0.29) is 12.0 Å². The van der Waals surface area contributed by atoms with Gasteiger partial charge in [0.1, 0.15) is 6.42 Å². The molecule has 0 saturated heterocycles. The lowest BCUT2D eigenvalue weighted by molar-refractivity contribution is -0.387. The van der Waals surface area contributed by atoms with Gasteiger partial charge in [0.2, 0.25) is 0 Å². The van der Waals surface area contributed by atoms with Crippen molar-refractivity contribution in [1.29, 1.82) is 0 Å². The van der Waals surface area contributed by atoms with Crippen molar-refractivity contribution >= 4 is 13.3 Å². The number of hydrogen-bond donors (Lipinski definition) is 0. The number of allylic oxidation sites excluding steroid dienone is 1. The number of unbranched alkanes of at least 4 members (excludes halogenated alkanes) is 20. The van der Waals surface area contributed by atoms with Crippen LogP contribution in [0.1, 0.15) is 195 Å². The first-order valence-corrected chi connectivity index (χ1v) is 20.9. The molecule has 0 aliphatic carbocycles. The second-order valence-electron chi connectivity index (χ2n) is 13.2. The van der Waals surface area contributed by atoms with Gasteiger partial charge in [-0.25, -0.2) is 4.79 Å². The molecule has 0 aliphatic rings. The van der Waals surface area contributed by atoms with E-state index in [1.165, 1.54) is 96.3 Å². The lowest BCUT2D eigenvalue weighted by atomic mass is 10.1. The first-order valence-electron chi connectivity index (χ1n) is 19.6. The molecule has 0 fully saturated rings. The number of hydrogen-bond acceptors (Lipinski definition) is 6. The zero-order chi connectivity index (χ0) is 34.1. The van der Waals surface area contributed by atoms with Gasteiger partial charge in [-0.15, -0.1) is 0 Å². The minimum Gasteiger partial charge on any atom is -0.334 e. The van der Waals surface area contributed by atoms with Crippen LogP contribution in [0.25, 0.3) is 0 Å². The van der Waals surface area contributed by atoms with Gasteiger partial charge in [0, 0.05) is 5.57 Å². The molecule has 0 N–H and O–H groups in total. The molecule has 0 aromatic rings. The standard InChI is InChI=1S/C39H76O6P/c1-7-11-15-19-23-27-31-42-37(46(41)38(40)36(5)6)35-39(43-32-28-24-20-16-12-8-2,44-33-29-25-21-17-13-9-3)45-34-30-26-22-18-14-10-4/h37H,5,7-35H2,1-4,6H3/q+1. The van der Waals surface area contributed by atoms with Crippen LogP contribution in [0.15, 0.2) is 12.2 Å². The van der Waals surface area contributed by atoms with Crippen molar-refractivity contribution in [2.45, 2.75) is 207 Å². The Hall–Kier alpha value is -0.650. The average Bonchev–Trinajstić information content (AvgIpc) is 3.05. The van der Waals surface area contributed by atoms with Crippen LogP contribution < -0.4 is 0 Å². The van der Waals surface area contributed by atoms with Crippen molar-refractivity contribution in [2.24, 2.45) is 0 Å². The van der Waals surface area contributed by atoms with Crippen LogP contribution in [0.5, 0.6) is 0 Å².